The molecule has 7 atom stereocenters. The van der Waals surface area contributed by atoms with Gasteiger partial charge in [-0.2, -0.15) is 0 Å². The molecular weight excluding hydrogens is 620 g/mol. The van der Waals surface area contributed by atoms with Crippen molar-refractivity contribution in [1.82, 2.24) is 5.32 Å². The van der Waals surface area contributed by atoms with E-state index in [1.54, 1.807) is 46.0 Å². The van der Waals surface area contributed by atoms with Gasteiger partial charge in [0.2, 0.25) is 5.91 Å². The van der Waals surface area contributed by atoms with Crippen molar-refractivity contribution in [1.29, 1.82) is 0 Å². The van der Waals surface area contributed by atoms with Crippen LogP contribution in [-0.4, -0.2) is 92.8 Å². The number of methoxy groups -OCH3 is 3. The van der Waals surface area contributed by atoms with Crippen LogP contribution >= 0.6 is 11.6 Å². The van der Waals surface area contributed by atoms with Crippen molar-refractivity contribution in [3.63, 3.8) is 0 Å². The van der Waals surface area contributed by atoms with Crippen LogP contribution in [0.2, 0.25) is 5.02 Å². The van der Waals surface area contributed by atoms with E-state index >= 15 is 0 Å². The van der Waals surface area contributed by atoms with Crippen molar-refractivity contribution in [3.05, 3.63) is 46.5 Å². The number of amides is 2. The Balaban J connectivity index is 1.81. The number of benzene rings is 1. The highest BCUT2D eigenvalue weighted by atomic mass is 35.5. The maximum absolute atomic E-state index is 13.9. The molecule has 3 aliphatic heterocycles. The van der Waals surface area contributed by atoms with Crippen molar-refractivity contribution in [2.45, 2.75) is 95.2 Å². The van der Waals surface area contributed by atoms with Gasteiger partial charge in [0.1, 0.15) is 34.7 Å². The highest BCUT2D eigenvalue weighted by molar-refractivity contribution is 6.35. The summed E-state index contributed by atoms with van der Waals surface area (Å²) in [5.41, 5.74) is -2.04. The fraction of sp³-hybridized carbons (Fsp3) is 0.606. The van der Waals surface area contributed by atoms with Crippen molar-refractivity contribution < 1.29 is 47.9 Å². The van der Waals surface area contributed by atoms with Gasteiger partial charge in [-0.3, -0.25) is 10.1 Å². The summed E-state index contributed by atoms with van der Waals surface area (Å²) < 4.78 is 34.2. The highest BCUT2D eigenvalue weighted by Gasteiger charge is 2.64. The fourth-order valence-corrected chi connectivity index (χ4v) is 6.27. The number of anilines is 1. The number of epoxide rings is 1. The second kappa shape index (κ2) is 13.5. The van der Waals surface area contributed by atoms with Crippen LogP contribution in [0.15, 0.2) is 35.9 Å². The molecule has 4 rings (SSSR count). The van der Waals surface area contributed by atoms with Gasteiger partial charge in [-0.25, -0.2) is 9.59 Å². The molecule has 2 saturated heterocycles. The Morgan fingerprint density at radius 3 is 2.54 bits per heavy atom. The van der Waals surface area contributed by atoms with Gasteiger partial charge < -0.3 is 38.4 Å². The maximum Gasteiger partial charge on any atom is 0.409 e. The first-order valence-electron chi connectivity index (χ1n) is 15.1. The molecule has 2 N–H and O–H groups in total. The molecule has 7 unspecified atom stereocenters. The minimum atomic E-state index is -1.79. The molecule has 13 heteroatoms. The van der Waals surface area contributed by atoms with E-state index in [1.165, 1.54) is 26.2 Å². The minimum Gasteiger partial charge on any atom is -0.495 e. The van der Waals surface area contributed by atoms with Crippen LogP contribution in [0.3, 0.4) is 0 Å². The summed E-state index contributed by atoms with van der Waals surface area (Å²) in [6, 6.07) is 3.61. The number of nitrogens with zero attached hydrogens (tertiary/aromatic N) is 1. The van der Waals surface area contributed by atoms with E-state index in [2.05, 4.69) is 5.32 Å². The van der Waals surface area contributed by atoms with Crippen molar-refractivity contribution in [2.75, 3.05) is 33.3 Å². The van der Waals surface area contributed by atoms with Gasteiger partial charge in [-0.05, 0) is 51.8 Å². The molecule has 0 saturated carbocycles. The summed E-state index contributed by atoms with van der Waals surface area (Å²) >= 11 is 6.70. The lowest BCUT2D eigenvalue weighted by Crippen LogP contribution is -2.63. The van der Waals surface area contributed by atoms with Crippen molar-refractivity contribution in [2.24, 2.45) is 5.92 Å². The number of alkyl carbamates (subject to hydrolysis) is 1. The van der Waals surface area contributed by atoms with Crippen molar-refractivity contribution >= 4 is 35.3 Å². The zero-order chi connectivity index (χ0) is 34.2. The van der Waals surface area contributed by atoms with Gasteiger partial charge in [-0.1, -0.05) is 42.3 Å². The third-order valence-corrected chi connectivity index (χ3v) is 9.58. The second-order valence-electron chi connectivity index (χ2n) is 12.9. The summed E-state index contributed by atoms with van der Waals surface area (Å²) in [6.07, 6.45) is 1.31. The van der Waals surface area contributed by atoms with Gasteiger partial charge in [0.05, 0.1) is 25.3 Å². The van der Waals surface area contributed by atoms with Crippen LogP contribution < -0.4 is 15.0 Å². The van der Waals surface area contributed by atoms with Crippen LogP contribution in [0.1, 0.15) is 53.0 Å². The van der Waals surface area contributed by atoms with Crippen LogP contribution in [0.25, 0.3) is 0 Å². The van der Waals surface area contributed by atoms with Crippen molar-refractivity contribution in [3.8, 4) is 5.75 Å². The molecule has 3 heterocycles. The Morgan fingerprint density at radius 2 is 1.91 bits per heavy atom. The Hall–Kier alpha value is -3.16. The first-order chi connectivity index (χ1) is 21.5. The van der Waals surface area contributed by atoms with E-state index in [-0.39, 0.29) is 17.9 Å². The molecule has 254 valence electrons. The Morgan fingerprint density at radius 1 is 1.22 bits per heavy atom. The molecule has 1 aromatic rings. The maximum atomic E-state index is 13.9. The lowest BCUT2D eigenvalue weighted by atomic mass is 9.83. The van der Waals surface area contributed by atoms with E-state index in [0.717, 1.165) is 11.1 Å². The smallest absolute Gasteiger partial charge is 0.409 e. The molecule has 2 fully saturated rings. The Bertz CT molecular complexity index is 1410. The number of ether oxygens (including phenoxy) is 6. The summed E-state index contributed by atoms with van der Waals surface area (Å²) in [6.45, 7) is 8.61. The predicted molar refractivity (Wildman–Crippen MR) is 170 cm³/mol. The molecule has 0 radical (unpaired) electrons. The number of nitrogens with one attached hydrogen (secondary N) is 1. The monoisotopic (exact) mass is 664 g/mol. The molecule has 46 heavy (non-hydrogen) atoms. The number of carbonyl (C=O) groups is 3. The van der Waals surface area contributed by atoms with Gasteiger partial charge in [0.25, 0.3) is 0 Å². The van der Waals surface area contributed by atoms with E-state index in [9.17, 15) is 19.5 Å². The van der Waals surface area contributed by atoms with Gasteiger partial charge in [-0.15, -0.1) is 0 Å². The molecule has 1 aromatic carbocycles. The molecule has 3 aliphatic rings. The molecule has 12 nitrogen and oxygen atoms in total. The number of aliphatic hydroxyl groups is 1. The third kappa shape index (κ3) is 7.21. The SMILES string of the molecule is COc1cc2cc(c1Cl)N(C)C(=O)CC(OC(=O)C(C)(C)OC)C1(C)OC1C(C)C1CC(O)(NC(=O)O1)C(OC)/C=C/C=C(C)C2. The number of halogens is 1. The van der Waals surface area contributed by atoms with Gasteiger partial charge in [0.15, 0.2) is 11.3 Å². The van der Waals surface area contributed by atoms with Gasteiger partial charge in [0, 0.05) is 33.6 Å². The summed E-state index contributed by atoms with van der Waals surface area (Å²) in [5.74, 6) is -1.16. The standard InChI is InChI=1S/C33H45ClN2O10/c1-18-11-10-12-24(42-8)33(40)17-23(44-30(39)35-33)19(2)28-32(5,46-28)25(45-29(38)31(3,4)43-9)16-26(37)36(6)21-14-20(13-18)15-22(41-7)27(21)34/h10-12,14-15,19,23-25,28,40H,13,16-17H2,1-9H3,(H,35,39)/b12-10+,18-11?. The average molecular weight is 665 g/mol. The zero-order valence-electron chi connectivity index (χ0n) is 27.8. The predicted octanol–water partition coefficient (Wildman–Crippen LogP) is 4.09. The summed E-state index contributed by atoms with van der Waals surface area (Å²) in [4.78, 5) is 41.3. The molecular formula is C33H45ClN2O10. The number of allylic oxidation sites excluding steroid dienone is 3. The van der Waals surface area contributed by atoms with E-state index in [4.69, 9.17) is 40.0 Å². The van der Waals surface area contributed by atoms with E-state index < -0.39 is 65.2 Å². The van der Waals surface area contributed by atoms with Crippen LogP contribution in [0.4, 0.5) is 10.5 Å². The fourth-order valence-electron chi connectivity index (χ4n) is 5.96. The Kier molecular flexibility index (Phi) is 10.5. The lowest BCUT2D eigenvalue weighted by Gasteiger charge is -2.42. The summed E-state index contributed by atoms with van der Waals surface area (Å²) in [5, 5.41) is 14.4. The Labute approximate surface area is 274 Å². The highest BCUT2D eigenvalue weighted by Crippen LogP contribution is 2.49. The number of hydrogen-bond acceptors (Lipinski definition) is 10. The topological polar surface area (TPSA) is 145 Å². The summed E-state index contributed by atoms with van der Waals surface area (Å²) in [7, 11) is 5.92. The van der Waals surface area contributed by atoms with E-state index in [1.807, 2.05) is 26.0 Å². The first kappa shape index (κ1) is 35.7. The first-order valence-corrected chi connectivity index (χ1v) is 15.5. The molecule has 0 aliphatic carbocycles. The lowest BCUT2D eigenvalue weighted by molar-refractivity contribution is -0.174. The zero-order valence-corrected chi connectivity index (χ0v) is 28.6. The minimum absolute atomic E-state index is 0.0195. The number of hydrogen-bond donors (Lipinski definition) is 2. The number of carbonyl (C=O) groups excluding carboxylic acids is 3. The normalized spacial score (nSPS) is 32.8. The molecule has 0 aromatic heterocycles. The number of fused-ring (bicyclic) bond motifs is 5. The number of rotatable bonds is 5. The van der Waals surface area contributed by atoms with E-state index in [0.29, 0.717) is 17.9 Å². The van der Waals surface area contributed by atoms with Crippen LogP contribution in [0, 0.1) is 5.92 Å². The quantitative estimate of drug-likeness (QED) is 0.349. The van der Waals surface area contributed by atoms with Gasteiger partial charge >= 0.3 is 12.1 Å². The third-order valence-electron chi connectivity index (χ3n) is 9.20. The average Bonchev–Trinajstić information content (AvgIpc) is 3.70. The largest absolute Gasteiger partial charge is 0.495 e. The second-order valence-corrected chi connectivity index (χ2v) is 13.3. The molecule has 4 bridgehead atoms. The van der Waals surface area contributed by atoms with Crippen LogP contribution in [0.5, 0.6) is 5.75 Å². The molecule has 2 amide bonds. The molecule has 0 spiro atoms. The van der Waals surface area contributed by atoms with Crippen LogP contribution in [-0.2, 0) is 39.7 Å². The number of esters is 1.